The lowest BCUT2D eigenvalue weighted by molar-refractivity contribution is 0.340. The zero-order valence-electron chi connectivity index (χ0n) is 18.7. The van der Waals surface area contributed by atoms with Crippen LogP contribution in [0.15, 0.2) is 90.1 Å². The minimum absolute atomic E-state index is 0.156. The summed E-state index contributed by atoms with van der Waals surface area (Å²) in [6, 6.07) is 26.2. The van der Waals surface area contributed by atoms with Crippen molar-refractivity contribution >= 4 is 21.9 Å². The fourth-order valence-corrected chi connectivity index (χ4v) is 5.56. The van der Waals surface area contributed by atoms with Crippen molar-refractivity contribution in [1.82, 2.24) is 14.8 Å². The number of thioether (sulfide) groups is 1. The molecule has 0 bridgehead atoms. The van der Waals surface area contributed by atoms with Crippen LogP contribution in [0.3, 0.4) is 0 Å². The zero-order valence-corrected chi connectivity index (χ0v) is 20.3. The molecule has 0 radical (unpaired) electrons. The molecule has 0 fully saturated rings. The first-order valence-corrected chi connectivity index (χ1v) is 13.4. The second kappa shape index (κ2) is 11.2. The number of benzene rings is 3. The minimum Gasteiger partial charge on any atom is -0.494 e. The molecular weight excluding hydrogens is 470 g/mol. The summed E-state index contributed by atoms with van der Waals surface area (Å²) < 4.78 is 37.5. The first-order chi connectivity index (χ1) is 16.5. The highest BCUT2D eigenvalue weighted by Crippen LogP contribution is 2.25. The molecule has 1 heterocycles. The largest absolute Gasteiger partial charge is 0.494 e. The standard InChI is InChI=1S/C25H25N3O4S2/c1-2-31-22-15-13-21(14-16-22)28-24(19-20-9-5-3-6-10-20)26-27-25(28)33-17-18-34(29,30)32-23-11-7-4-8-12-23/h3-16H,2,17-19H2,1H3. The Balaban J connectivity index is 1.53. The van der Waals surface area contributed by atoms with Crippen LogP contribution in [-0.2, 0) is 16.5 Å². The summed E-state index contributed by atoms with van der Waals surface area (Å²) >= 11 is 1.32. The van der Waals surface area contributed by atoms with Gasteiger partial charge in [-0.1, -0.05) is 60.3 Å². The summed E-state index contributed by atoms with van der Waals surface area (Å²) in [4.78, 5) is 0. The zero-order chi connectivity index (χ0) is 23.8. The molecule has 0 amide bonds. The van der Waals surface area contributed by atoms with E-state index in [2.05, 4.69) is 10.2 Å². The quantitative estimate of drug-likeness (QED) is 0.219. The Morgan fingerprint density at radius 2 is 1.53 bits per heavy atom. The van der Waals surface area contributed by atoms with Gasteiger partial charge >= 0.3 is 10.1 Å². The maximum absolute atomic E-state index is 12.4. The van der Waals surface area contributed by atoms with Gasteiger partial charge in [-0.2, -0.15) is 8.42 Å². The predicted octanol–water partition coefficient (Wildman–Crippen LogP) is 4.76. The van der Waals surface area contributed by atoms with E-state index < -0.39 is 10.1 Å². The van der Waals surface area contributed by atoms with Crippen molar-refractivity contribution in [2.24, 2.45) is 0 Å². The molecule has 0 aliphatic carbocycles. The monoisotopic (exact) mass is 495 g/mol. The Kier molecular flexibility index (Phi) is 7.87. The van der Waals surface area contributed by atoms with E-state index in [-0.39, 0.29) is 11.5 Å². The molecule has 3 aromatic carbocycles. The van der Waals surface area contributed by atoms with Gasteiger partial charge in [-0.3, -0.25) is 4.57 Å². The third-order valence-corrected chi connectivity index (χ3v) is 7.18. The van der Waals surface area contributed by atoms with Crippen LogP contribution in [0.2, 0.25) is 0 Å². The number of hydrogen-bond acceptors (Lipinski definition) is 7. The molecule has 176 valence electrons. The summed E-state index contributed by atoms with van der Waals surface area (Å²) in [5, 5.41) is 9.39. The molecule has 0 spiro atoms. The van der Waals surface area contributed by atoms with E-state index in [0.29, 0.717) is 23.9 Å². The van der Waals surface area contributed by atoms with Crippen LogP contribution in [0, 0.1) is 0 Å². The van der Waals surface area contributed by atoms with Crippen molar-refractivity contribution in [2.75, 3.05) is 18.1 Å². The van der Waals surface area contributed by atoms with Crippen LogP contribution in [0.5, 0.6) is 11.5 Å². The summed E-state index contributed by atoms with van der Waals surface area (Å²) in [7, 11) is -3.73. The SMILES string of the molecule is CCOc1ccc(-n2c(Cc3ccccc3)nnc2SCCS(=O)(=O)Oc2ccccc2)cc1. The molecule has 0 saturated carbocycles. The Hall–Kier alpha value is -3.30. The van der Waals surface area contributed by atoms with Gasteiger partial charge in [-0.15, -0.1) is 10.2 Å². The number of para-hydroxylation sites is 1. The van der Waals surface area contributed by atoms with Crippen LogP contribution in [0.25, 0.3) is 5.69 Å². The molecule has 0 aliphatic rings. The molecule has 0 atom stereocenters. The molecule has 4 rings (SSSR count). The molecular formula is C25H25N3O4S2. The van der Waals surface area contributed by atoms with Gasteiger partial charge in [0, 0.05) is 17.9 Å². The molecule has 4 aromatic rings. The smallest absolute Gasteiger partial charge is 0.310 e. The number of ether oxygens (including phenoxy) is 1. The molecule has 0 N–H and O–H groups in total. The maximum atomic E-state index is 12.4. The first kappa shape index (κ1) is 23.8. The Labute approximate surface area is 203 Å². The van der Waals surface area contributed by atoms with Crippen molar-refractivity contribution in [1.29, 1.82) is 0 Å². The predicted molar refractivity (Wildman–Crippen MR) is 133 cm³/mol. The molecule has 0 aliphatic heterocycles. The van der Waals surface area contributed by atoms with Gasteiger partial charge in [0.2, 0.25) is 0 Å². The summed E-state index contributed by atoms with van der Waals surface area (Å²) in [5.41, 5.74) is 1.99. The molecule has 34 heavy (non-hydrogen) atoms. The van der Waals surface area contributed by atoms with Crippen molar-refractivity contribution in [2.45, 2.75) is 18.5 Å². The highest BCUT2D eigenvalue weighted by Gasteiger charge is 2.18. The molecule has 1 aromatic heterocycles. The van der Waals surface area contributed by atoms with Crippen molar-refractivity contribution in [3.63, 3.8) is 0 Å². The summed E-state index contributed by atoms with van der Waals surface area (Å²) in [6.07, 6.45) is 0.594. The third-order valence-electron chi connectivity index (χ3n) is 4.84. The van der Waals surface area contributed by atoms with Crippen molar-refractivity contribution in [3.05, 3.63) is 96.3 Å². The number of rotatable bonds is 11. The van der Waals surface area contributed by atoms with Crippen LogP contribution < -0.4 is 8.92 Å². The molecule has 0 unspecified atom stereocenters. The van der Waals surface area contributed by atoms with Crippen LogP contribution >= 0.6 is 11.8 Å². The third kappa shape index (κ3) is 6.39. The Morgan fingerprint density at radius 1 is 0.853 bits per heavy atom. The number of aromatic nitrogens is 3. The Morgan fingerprint density at radius 3 is 2.21 bits per heavy atom. The van der Waals surface area contributed by atoms with Gasteiger partial charge < -0.3 is 8.92 Å². The van der Waals surface area contributed by atoms with E-state index in [1.807, 2.05) is 66.1 Å². The fraction of sp³-hybridized carbons (Fsp3) is 0.200. The average molecular weight is 496 g/mol. The first-order valence-electron chi connectivity index (χ1n) is 10.9. The normalized spacial score (nSPS) is 11.3. The van der Waals surface area contributed by atoms with Gasteiger partial charge in [0.15, 0.2) is 5.16 Å². The second-order valence-corrected chi connectivity index (χ2v) is 10.1. The molecule has 9 heteroatoms. The van der Waals surface area contributed by atoms with Crippen molar-refractivity contribution < 1.29 is 17.3 Å². The molecule has 7 nitrogen and oxygen atoms in total. The molecule has 0 saturated heterocycles. The van der Waals surface area contributed by atoms with Gasteiger partial charge in [0.25, 0.3) is 0 Å². The van der Waals surface area contributed by atoms with Gasteiger partial charge in [0.1, 0.15) is 17.3 Å². The Bertz CT molecular complexity index is 1290. The highest BCUT2D eigenvalue weighted by molar-refractivity contribution is 8.00. The van der Waals surface area contributed by atoms with E-state index in [1.165, 1.54) is 11.8 Å². The van der Waals surface area contributed by atoms with E-state index in [0.717, 1.165) is 22.8 Å². The van der Waals surface area contributed by atoms with Gasteiger partial charge in [-0.05, 0) is 48.9 Å². The van der Waals surface area contributed by atoms with E-state index in [9.17, 15) is 8.42 Å². The van der Waals surface area contributed by atoms with E-state index in [4.69, 9.17) is 8.92 Å². The van der Waals surface area contributed by atoms with Gasteiger partial charge in [-0.25, -0.2) is 0 Å². The van der Waals surface area contributed by atoms with Crippen molar-refractivity contribution in [3.8, 4) is 17.2 Å². The van der Waals surface area contributed by atoms with Crippen LogP contribution in [-0.4, -0.2) is 41.3 Å². The van der Waals surface area contributed by atoms with Gasteiger partial charge in [0.05, 0.1) is 12.4 Å². The summed E-state index contributed by atoms with van der Waals surface area (Å²) in [6.45, 7) is 2.53. The lowest BCUT2D eigenvalue weighted by Crippen LogP contribution is -2.15. The van der Waals surface area contributed by atoms with Crippen LogP contribution in [0.1, 0.15) is 18.3 Å². The lowest BCUT2D eigenvalue weighted by atomic mass is 10.1. The van der Waals surface area contributed by atoms with E-state index in [1.54, 1.807) is 30.3 Å². The van der Waals surface area contributed by atoms with E-state index >= 15 is 0 Å². The lowest BCUT2D eigenvalue weighted by Gasteiger charge is -2.12. The average Bonchev–Trinajstić information content (AvgIpc) is 3.23. The summed E-state index contributed by atoms with van der Waals surface area (Å²) in [5.74, 6) is 1.96. The highest BCUT2D eigenvalue weighted by atomic mass is 32.2. The second-order valence-electron chi connectivity index (χ2n) is 7.33. The number of hydrogen-bond donors (Lipinski definition) is 0. The topological polar surface area (TPSA) is 83.3 Å². The fourth-order valence-electron chi connectivity index (χ4n) is 3.30. The minimum atomic E-state index is -3.73. The maximum Gasteiger partial charge on any atom is 0.310 e. The van der Waals surface area contributed by atoms with Crippen LogP contribution in [0.4, 0.5) is 0 Å². The number of nitrogens with zero attached hydrogens (tertiary/aromatic N) is 3.